The van der Waals surface area contributed by atoms with Crippen LogP contribution in [-0.2, 0) is 16.1 Å². The van der Waals surface area contributed by atoms with E-state index in [1.54, 1.807) is 11.6 Å². The van der Waals surface area contributed by atoms with Crippen LogP contribution in [0.25, 0.3) is 22.1 Å². The van der Waals surface area contributed by atoms with Gasteiger partial charge in [-0.05, 0) is 44.4 Å². The van der Waals surface area contributed by atoms with Gasteiger partial charge in [-0.3, -0.25) is 9.48 Å². The third-order valence-corrected chi connectivity index (χ3v) is 4.17. The summed E-state index contributed by atoms with van der Waals surface area (Å²) < 4.78 is 11.0. The van der Waals surface area contributed by atoms with Crippen molar-refractivity contribution in [3.8, 4) is 22.1 Å². The highest BCUT2D eigenvalue weighted by Crippen LogP contribution is 2.27. The summed E-state index contributed by atoms with van der Waals surface area (Å²) in [6.07, 6.45) is 0. The molecule has 7 heteroatoms. The van der Waals surface area contributed by atoms with Crippen LogP contribution in [0, 0.1) is 13.8 Å². The minimum absolute atomic E-state index is 0.0516. The smallest absolute Gasteiger partial charge is 0.327 e. The van der Waals surface area contributed by atoms with Crippen LogP contribution < -0.4 is 0 Å². The third-order valence-electron chi connectivity index (χ3n) is 3.41. The van der Waals surface area contributed by atoms with Crippen LogP contribution in [0.1, 0.15) is 18.2 Å². The lowest BCUT2D eigenvalue weighted by atomic mass is 10.1. The molecule has 0 aliphatic heterocycles. The summed E-state index contributed by atoms with van der Waals surface area (Å²) in [5.41, 5.74) is 3.73. The molecular formula is C17H18N4O2S. The highest BCUT2D eigenvalue weighted by Gasteiger charge is 2.16. The van der Waals surface area contributed by atoms with Crippen molar-refractivity contribution in [3.05, 3.63) is 41.6 Å². The number of hydrogen-bond acceptors (Lipinski definition) is 6. The molecular weight excluding hydrogens is 324 g/mol. The first-order chi connectivity index (χ1) is 11.6. The topological polar surface area (TPSA) is 69.9 Å². The highest BCUT2D eigenvalue weighted by atomic mass is 32.1. The van der Waals surface area contributed by atoms with Crippen molar-refractivity contribution in [3.63, 3.8) is 0 Å². The van der Waals surface area contributed by atoms with E-state index in [1.165, 1.54) is 17.1 Å². The summed E-state index contributed by atoms with van der Waals surface area (Å²) in [5.74, 6) is 0.248. The van der Waals surface area contributed by atoms with E-state index in [0.717, 1.165) is 22.0 Å². The zero-order valence-corrected chi connectivity index (χ0v) is 14.6. The second-order valence-corrected chi connectivity index (χ2v) is 6.18. The Balaban J connectivity index is 1.91. The van der Waals surface area contributed by atoms with Gasteiger partial charge < -0.3 is 4.74 Å². The molecule has 0 aliphatic carbocycles. The fourth-order valence-corrected chi connectivity index (χ4v) is 3.06. The molecule has 0 radical (unpaired) electrons. The van der Waals surface area contributed by atoms with Gasteiger partial charge >= 0.3 is 5.97 Å². The predicted molar refractivity (Wildman–Crippen MR) is 92.7 cm³/mol. The van der Waals surface area contributed by atoms with Crippen LogP contribution >= 0.6 is 11.5 Å². The van der Waals surface area contributed by atoms with E-state index in [0.29, 0.717) is 12.4 Å². The maximum atomic E-state index is 11.7. The van der Waals surface area contributed by atoms with E-state index < -0.39 is 0 Å². The van der Waals surface area contributed by atoms with Crippen molar-refractivity contribution in [1.29, 1.82) is 0 Å². The number of carbonyl (C=O) groups is 1. The van der Waals surface area contributed by atoms with Crippen molar-refractivity contribution in [2.75, 3.05) is 6.61 Å². The summed E-state index contributed by atoms with van der Waals surface area (Å²) in [5, 5.41) is 5.19. The Labute approximate surface area is 144 Å². The predicted octanol–water partition coefficient (Wildman–Crippen LogP) is 3.25. The molecule has 3 aromatic rings. The van der Waals surface area contributed by atoms with E-state index in [-0.39, 0.29) is 12.5 Å². The minimum Gasteiger partial charge on any atom is -0.465 e. The standard InChI is InChI=1S/C17H18N4O2S/c1-4-23-15(22)10-21-14(9-12(3)19-21)16-18-17(24-20-16)13-7-5-6-11(2)8-13/h5-9H,4,10H2,1-3H3. The van der Waals surface area contributed by atoms with Gasteiger partial charge in [-0.25, -0.2) is 4.98 Å². The normalized spacial score (nSPS) is 10.8. The molecule has 0 aliphatic rings. The average molecular weight is 342 g/mol. The number of rotatable bonds is 5. The Bertz CT molecular complexity index is 869. The van der Waals surface area contributed by atoms with Gasteiger partial charge in [-0.15, -0.1) is 0 Å². The number of aromatic nitrogens is 4. The molecule has 124 valence electrons. The largest absolute Gasteiger partial charge is 0.465 e. The Morgan fingerprint density at radius 3 is 2.88 bits per heavy atom. The molecule has 2 heterocycles. The lowest BCUT2D eigenvalue weighted by molar-refractivity contribution is -0.144. The van der Waals surface area contributed by atoms with Crippen molar-refractivity contribution in [2.45, 2.75) is 27.3 Å². The summed E-state index contributed by atoms with van der Waals surface area (Å²) in [6.45, 7) is 6.10. The summed E-state index contributed by atoms with van der Waals surface area (Å²) in [7, 11) is 0. The molecule has 0 fully saturated rings. The third kappa shape index (κ3) is 3.51. The molecule has 0 unspecified atom stereocenters. The molecule has 0 saturated heterocycles. The highest BCUT2D eigenvalue weighted by molar-refractivity contribution is 7.09. The first-order valence-corrected chi connectivity index (χ1v) is 8.45. The number of carbonyl (C=O) groups excluding carboxylic acids is 1. The molecule has 24 heavy (non-hydrogen) atoms. The number of hydrogen-bond donors (Lipinski definition) is 0. The van der Waals surface area contributed by atoms with Gasteiger partial charge in [0.25, 0.3) is 0 Å². The number of esters is 1. The molecule has 6 nitrogen and oxygen atoms in total. The first-order valence-electron chi connectivity index (χ1n) is 7.68. The van der Waals surface area contributed by atoms with Gasteiger partial charge in [0.05, 0.1) is 12.3 Å². The summed E-state index contributed by atoms with van der Waals surface area (Å²) in [4.78, 5) is 16.4. The van der Waals surface area contributed by atoms with Crippen molar-refractivity contribution in [2.24, 2.45) is 0 Å². The van der Waals surface area contributed by atoms with E-state index in [4.69, 9.17) is 4.74 Å². The van der Waals surface area contributed by atoms with Gasteiger partial charge in [0, 0.05) is 5.56 Å². The molecule has 1 aromatic carbocycles. The van der Waals surface area contributed by atoms with E-state index in [1.807, 2.05) is 38.1 Å². The first kappa shape index (κ1) is 16.3. The van der Waals surface area contributed by atoms with E-state index in [9.17, 15) is 4.79 Å². The van der Waals surface area contributed by atoms with Gasteiger partial charge in [0.2, 0.25) is 0 Å². The lowest BCUT2D eigenvalue weighted by Gasteiger charge is -2.04. The average Bonchev–Trinajstić information content (AvgIpc) is 3.14. The molecule has 0 atom stereocenters. The van der Waals surface area contributed by atoms with Crippen molar-refractivity contribution < 1.29 is 9.53 Å². The van der Waals surface area contributed by atoms with Crippen molar-refractivity contribution >= 4 is 17.5 Å². The Hall–Kier alpha value is -2.54. The minimum atomic E-state index is -0.323. The number of benzene rings is 1. The van der Waals surface area contributed by atoms with Gasteiger partial charge in [0.15, 0.2) is 5.82 Å². The number of nitrogens with zero attached hydrogens (tertiary/aromatic N) is 4. The fraction of sp³-hybridized carbons (Fsp3) is 0.294. The maximum Gasteiger partial charge on any atom is 0.327 e. The van der Waals surface area contributed by atoms with Crippen LogP contribution in [0.15, 0.2) is 30.3 Å². The second kappa shape index (κ2) is 6.92. The molecule has 2 aromatic heterocycles. The van der Waals surface area contributed by atoms with Crippen LogP contribution in [-0.4, -0.2) is 31.7 Å². The number of aryl methyl sites for hydroxylation is 2. The Morgan fingerprint density at radius 1 is 1.29 bits per heavy atom. The quantitative estimate of drug-likeness (QED) is 0.666. The van der Waals surface area contributed by atoms with E-state index >= 15 is 0 Å². The fourth-order valence-electron chi connectivity index (χ4n) is 2.40. The zero-order chi connectivity index (χ0) is 17.1. The van der Waals surface area contributed by atoms with Gasteiger partial charge in [-0.1, -0.05) is 23.8 Å². The van der Waals surface area contributed by atoms with Crippen LogP contribution in [0.2, 0.25) is 0 Å². The molecule has 0 saturated carbocycles. The van der Waals surface area contributed by atoms with Gasteiger partial charge in [0.1, 0.15) is 17.2 Å². The van der Waals surface area contributed by atoms with E-state index in [2.05, 4.69) is 20.5 Å². The summed E-state index contributed by atoms with van der Waals surface area (Å²) in [6, 6.07) is 10.0. The lowest BCUT2D eigenvalue weighted by Crippen LogP contribution is -2.15. The SMILES string of the molecule is CCOC(=O)Cn1nc(C)cc1-c1nsc(-c2cccc(C)c2)n1. The number of ether oxygens (including phenoxy) is 1. The molecule has 0 spiro atoms. The molecule has 0 amide bonds. The molecule has 0 N–H and O–H groups in total. The van der Waals surface area contributed by atoms with Gasteiger partial charge in [-0.2, -0.15) is 9.47 Å². The zero-order valence-electron chi connectivity index (χ0n) is 13.8. The Morgan fingerprint density at radius 2 is 2.12 bits per heavy atom. The van der Waals surface area contributed by atoms with Crippen LogP contribution in [0.3, 0.4) is 0 Å². The Kier molecular flexibility index (Phi) is 4.71. The molecule has 0 bridgehead atoms. The summed E-state index contributed by atoms with van der Waals surface area (Å²) >= 11 is 1.33. The molecule has 3 rings (SSSR count). The van der Waals surface area contributed by atoms with Crippen LogP contribution in [0.5, 0.6) is 0 Å². The van der Waals surface area contributed by atoms with Crippen LogP contribution in [0.4, 0.5) is 0 Å². The monoisotopic (exact) mass is 342 g/mol. The van der Waals surface area contributed by atoms with Crippen molar-refractivity contribution in [1.82, 2.24) is 19.1 Å². The maximum absolute atomic E-state index is 11.7. The second-order valence-electron chi connectivity index (χ2n) is 5.43.